The molecule has 5 heteroatoms. The second-order valence-electron chi connectivity index (χ2n) is 5.50. The number of benzene rings is 3. The van der Waals surface area contributed by atoms with E-state index < -0.39 is 0 Å². The summed E-state index contributed by atoms with van der Waals surface area (Å²) < 4.78 is 5.99. The van der Waals surface area contributed by atoms with Gasteiger partial charge in [0.1, 0.15) is 11.5 Å². The van der Waals surface area contributed by atoms with Crippen molar-refractivity contribution in [2.75, 3.05) is 0 Å². The molecule has 3 aromatic rings. The van der Waals surface area contributed by atoms with Crippen molar-refractivity contribution in [1.82, 2.24) is 0 Å². The molecule has 1 aliphatic heterocycles. The fourth-order valence-electron chi connectivity index (χ4n) is 2.64. The molecule has 0 bridgehead atoms. The van der Waals surface area contributed by atoms with Crippen molar-refractivity contribution in [2.45, 2.75) is 9.79 Å². The zero-order valence-corrected chi connectivity index (χ0v) is 13.9. The second kappa shape index (κ2) is 6.45. The van der Waals surface area contributed by atoms with Gasteiger partial charge in [0, 0.05) is 27.0 Å². The van der Waals surface area contributed by atoms with Crippen LogP contribution in [0.4, 0.5) is 5.69 Å². The number of hydrogen-bond acceptors (Lipinski definition) is 4. The van der Waals surface area contributed by atoms with Gasteiger partial charge in [-0.1, -0.05) is 54.2 Å². The van der Waals surface area contributed by atoms with Crippen molar-refractivity contribution in [2.24, 2.45) is 0 Å². The molecule has 0 atom stereocenters. The highest BCUT2D eigenvalue weighted by Gasteiger charge is 2.20. The Bertz CT molecular complexity index is 983. The SMILES string of the molecule is O=[N+]([O-])c1cc2c(c(Sc3ccccc3)c1)C=Cc1ccccc1O2. The lowest BCUT2D eigenvalue weighted by Crippen LogP contribution is -1.94. The second-order valence-corrected chi connectivity index (χ2v) is 6.62. The Kier molecular flexibility index (Phi) is 3.99. The van der Waals surface area contributed by atoms with Crippen molar-refractivity contribution in [3.05, 3.63) is 88.0 Å². The Hall–Kier alpha value is -3.05. The summed E-state index contributed by atoms with van der Waals surface area (Å²) in [7, 11) is 0. The Balaban J connectivity index is 1.85. The van der Waals surface area contributed by atoms with Crippen LogP contribution >= 0.6 is 11.8 Å². The monoisotopic (exact) mass is 347 g/mol. The quantitative estimate of drug-likeness (QED) is 0.336. The Morgan fingerprint density at radius 3 is 2.44 bits per heavy atom. The normalized spacial score (nSPS) is 11.8. The zero-order chi connectivity index (χ0) is 17.2. The summed E-state index contributed by atoms with van der Waals surface area (Å²) in [6.45, 7) is 0. The lowest BCUT2D eigenvalue weighted by atomic mass is 10.1. The van der Waals surface area contributed by atoms with Crippen LogP contribution in [0.15, 0.2) is 76.5 Å². The van der Waals surface area contributed by atoms with E-state index in [4.69, 9.17) is 4.74 Å². The third kappa shape index (κ3) is 3.14. The first-order chi connectivity index (χ1) is 12.2. The summed E-state index contributed by atoms with van der Waals surface area (Å²) in [5.74, 6) is 1.18. The summed E-state index contributed by atoms with van der Waals surface area (Å²) >= 11 is 1.49. The van der Waals surface area contributed by atoms with Crippen LogP contribution in [0.5, 0.6) is 11.5 Å². The van der Waals surface area contributed by atoms with Crippen LogP contribution in [0.1, 0.15) is 11.1 Å². The smallest absolute Gasteiger partial charge is 0.274 e. The van der Waals surface area contributed by atoms with Gasteiger partial charge in [0.25, 0.3) is 5.69 Å². The van der Waals surface area contributed by atoms with E-state index in [2.05, 4.69) is 0 Å². The third-order valence-electron chi connectivity index (χ3n) is 3.84. The van der Waals surface area contributed by atoms with E-state index in [0.717, 1.165) is 20.9 Å². The molecule has 0 aliphatic carbocycles. The molecule has 4 rings (SSSR count). The molecule has 0 saturated carbocycles. The molecule has 0 fully saturated rings. The summed E-state index contributed by atoms with van der Waals surface area (Å²) in [6, 6.07) is 20.5. The van der Waals surface area contributed by atoms with Crippen LogP contribution in [0.3, 0.4) is 0 Å². The van der Waals surface area contributed by atoms with Crippen LogP contribution < -0.4 is 4.74 Å². The molecule has 1 heterocycles. The predicted molar refractivity (Wildman–Crippen MR) is 99.1 cm³/mol. The van der Waals surface area contributed by atoms with Gasteiger partial charge in [-0.2, -0.15) is 0 Å². The van der Waals surface area contributed by atoms with Crippen molar-refractivity contribution >= 4 is 29.6 Å². The molecule has 0 aromatic heterocycles. The number of para-hydroxylation sites is 1. The highest BCUT2D eigenvalue weighted by atomic mass is 32.2. The highest BCUT2D eigenvalue weighted by molar-refractivity contribution is 7.99. The standard InChI is InChI=1S/C20H13NO3S/c22-21(23)15-12-19-17(11-10-14-6-4-5-9-18(14)24-19)20(13-15)25-16-7-2-1-3-8-16/h1-13H. The maximum Gasteiger partial charge on any atom is 0.274 e. The fraction of sp³-hybridized carbons (Fsp3) is 0. The van der Waals surface area contributed by atoms with E-state index in [-0.39, 0.29) is 10.6 Å². The predicted octanol–water partition coefficient (Wildman–Crippen LogP) is 6.02. The minimum absolute atomic E-state index is 0.0185. The van der Waals surface area contributed by atoms with E-state index >= 15 is 0 Å². The molecule has 0 N–H and O–H groups in total. The van der Waals surface area contributed by atoms with E-state index in [1.807, 2.05) is 66.7 Å². The molecule has 0 spiro atoms. The van der Waals surface area contributed by atoms with Crippen molar-refractivity contribution in [3.8, 4) is 11.5 Å². The van der Waals surface area contributed by atoms with Crippen LogP contribution in [-0.4, -0.2) is 4.92 Å². The molecule has 0 radical (unpaired) electrons. The summed E-state index contributed by atoms with van der Waals surface area (Å²) in [6.07, 6.45) is 3.93. The van der Waals surface area contributed by atoms with Gasteiger partial charge in [-0.05, 0) is 24.3 Å². The first-order valence-electron chi connectivity index (χ1n) is 7.71. The Morgan fingerprint density at radius 1 is 0.880 bits per heavy atom. The van der Waals surface area contributed by atoms with E-state index in [1.165, 1.54) is 17.8 Å². The van der Waals surface area contributed by atoms with E-state index in [1.54, 1.807) is 6.07 Å². The number of fused-ring (bicyclic) bond motifs is 2. The maximum absolute atomic E-state index is 11.3. The molecular formula is C20H13NO3S. The van der Waals surface area contributed by atoms with Gasteiger partial charge in [0.2, 0.25) is 0 Å². The van der Waals surface area contributed by atoms with Crippen molar-refractivity contribution < 1.29 is 9.66 Å². The topological polar surface area (TPSA) is 52.4 Å². The summed E-state index contributed by atoms with van der Waals surface area (Å²) in [5.41, 5.74) is 1.80. The van der Waals surface area contributed by atoms with Gasteiger partial charge in [0.15, 0.2) is 0 Å². The number of non-ortho nitro benzene ring substituents is 1. The Labute approximate surface area is 148 Å². The van der Waals surface area contributed by atoms with Crippen LogP contribution in [0, 0.1) is 10.1 Å². The Morgan fingerprint density at radius 2 is 1.64 bits per heavy atom. The molecule has 0 amide bonds. The molecule has 25 heavy (non-hydrogen) atoms. The molecule has 0 unspecified atom stereocenters. The summed E-state index contributed by atoms with van der Waals surface area (Å²) in [4.78, 5) is 12.8. The molecule has 0 saturated heterocycles. The molecule has 3 aromatic carbocycles. The third-order valence-corrected chi connectivity index (χ3v) is 4.90. The number of nitrogens with zero attached hydrogens (tertiary/aromatic N) is 1. The van der Waals surface area contributed by atoms with Crippen LogP contribution in [0.25, 0.3) is 12.2 Å². The van der Waals surface area contributed by atoms with Crippen molar-refractivity contribution in [3.63, 3.8) is 0 Å². The largest absolute Gasteiger partial charge is 0.456 e. The average Bonchev–Trinajstić information content (AvgIpc) is 2.81. The fourth-order valence-corrected chi connectivity index (χ4v) is 3.65. The van der Waals surface area contributed by atoms with E-state index in [9.17, 15) is 10.1 Å². The van der Waals surface area contributed by atoms with Gasteiger partial charge in [-0.25, -0.2) is 0 Å². The highest BCUT2D eigenvalue weighted by Crippen LogP contribution is 2.43. The molecule has 4 nitrogen and oxygen atoms in total. The molecular weight excluding hydrogens is 334 g/mol. The number of ether oxygens (including phenoxy) is 1. The number of rotatable bonds is 3. The minimum Gasteiger partial charge on any atom is -0.456 e. The first-order valence-corrected chi connectivity index (χ1v) is 8.53. The maximum atomic E-state index is 11.3. The lowest BCUT2D eigenvalue weighted by molar-refractivity contribution is -0.385. The van der Waals surface area contributed by atoms with Gasteiger partial charge in [-0.15, -0.1) is 0 Å². The zero-order valence-electron chi connectivity index (χ0n) is 13.1. The van der Waals surface area contributed by atoms with Crippen LogP contribution in [0.2, 0.25) is 0 Å². The van der Waals surface area contributed by atoms with E-state index in [0.29, 0.717) is 11.5 Å². The molecule has 1 aliphatic rings. The van der Waals surface area contributed by atoms with Gasteiger partial charge in [0.05, 0.1) is 11.0 Å². The van der Waals surface area contributed by atoms with Crippen LogP contribution in [-0.2, 0) is 0 Å². The number of nitro groups is 1. The number of nitro benzene ring substituents is 1. The molecule has 122 valence electrons. The lowest BCUT2D eigenvalue weighted by Gasteiger charge is -2.12. The average molecular weight is 347 g/mol. The van der Waals surface area contributed by atoms with Gasteiger partial charge < -0.3 is 4.74 Å². The van der Waals surface area contributed by atoms with Crippen molar-refractivity contribution in [1.29, 1.82) is 0 Å². The summed E-state index contributed by atoms with van der Waals surface area (Å²) in [5, 5.41) is 11.3. The first kappa shape index (κ1) is 15.5. The van der Waals surface area contributed by atoms with Gasteiger partial charge >= 0.3 is 0 Å². The minimum atomic E-state index is -0.390. The van der Waals surface area contributed by atoms with Gasteiger partial charge in [-0.3, -0.25) is 10.1 Å². The number of hydrogen-bond donors (Lipinski definition) is 0.